The molecule has 1 atom stereocenters. The SMILES string of the molecule is Cc1ccc(N2CCCC(C(=O)NCCN)C2)c(C#N)c1. The molecule has 3 N–H and O–H groups in total. The van der Waals surface area contributed by atoms with E-state index in [1.807, 2.05) is 25.1 Å². The summed E-state index contributed by atoms with van der Waals surface area (Å²) in [4.78, 5) is 14.2. The van der Waals surface area contributed by atoms with Crippen LogP contribution in [0.5, 0.6) is 0 Å². The van der Waals surface area contributed by atoms with Gasteiger partial charge in [0.05, 0.1) is 17.2 Å². The maximum atomic E-state index is 12.1. The lowest BCUT2D eigenvalue weighted by Crippen LogP contribution is -2.44. The first-order valence-electron chi connectivity index (χ1n) is 7.39. The Labute approximate surface area is 125 Å². The van der Waals surface area contributed by atoms with E-state index in [0.717, 1.165) is 30.6 Å². The van der Waals surface area contributed by atoms with E-state index in [4.69, 9.17) is 5.73 Å². The molecular formula is C16H22N4O. The van der Waals surface area contributed by atoms with Crippen LogP contribution in [0.15, 0.2) is 18.2 Å². The molecule has 5 nitrogen and oxygen atoms in total. The molecule has 0 aliphatic carbocycles. The lowest BCUT2D eigenvalue weighted by molar-refractivity contribution is -0.125. The maximum Gasteiger partial charge on any atom is 0.224 e. The average molecular weight is 286 g/mol. The van der Waals surface area contributed by atoms with E-state index in [1.54, 1.807) is 0 Å². The lowest BCUT2D eigenvalue weighted by atomic mass is 9.95. The minimum atomic E-state index is -0.0295. The quantitative estimate of drug-likeness (QED) is 0.870. The fraction of sp³-hybridized carbons (Fsp3) is 0.500. The van der Waals surface area contributed by atoms with Crippen molar-refractivity contribution in [3.05, 3.63) is 29.3 Å². The molecule has 1 amide bonds. The maximum absolute atomic E-state index is 12.1. The zero-order valence-corrected chi connectivity index (χ0v) is 12.4. The molecule has 1 aliphatic heterocycles. The number of nitrogens with two attached hydrogens (primary N) is 1. The van der Waals surface area contributed by atoms with Crippen LogP contribution in [0.4, 0.5) is 5.69 Å². The van der Waals surface area contributed by atoms with E-state index in [-0.39, 0.29) is 11.8 Å². The van der Waals surface area contributed by atoms with Gasteiger partial charge in [-0.3, -0.25) is 4.79 Å². The van der Waals surface area contributed by atoms with Crippen molar-refractivity contribution < 1.29 is 4.79 Å². The summed E-state index contributed by atoms with van der Waals surface area (Å²) in [6.07, 6.45) is 1.85. The van der Waals surface area contributed by atoms with Crippen LogP contribution in [-0.4, -0.2) is 32.1 Å². The zero-order valence-electron chi connectivity index (χ0n) is 12.4. The highest BCUT2D eigenvalue weighted by Gasteiger charge is 2.26. The van der Waals surface area contributed by atoms with Gasteiger partial charge in [-0.05, 0) is 37.5 Å². The van der Waals surface area contributed by atoms with E-state index in [2.05, 4.69) is 16.3 Å². The third kappa shape index (κ3) is 3.73. The summed E-state index contributed by atoms with van der Waals surface area (Å²) in [6, 6.07) is 8.14. The van der Waals surface area contributed by atoms with Gasteiger partial charge >= 0.3 is 0 Å². The molecule has 1 unspecified atom stereocenters. The second-order valence-corrected chi connectivity index (χ2v) is 5.50. The summed E-state index contributed by atoms with van der Waals surface area (Å²) < 4.78 is 0. The summed E-state index contributed by atoms with van der Waals surface area (Å²) in [6.45, 7) is 4.50. The van der Waals surface area contributed by atoms with E-state index in [0.29, 0.717) is 25.2 Å². The van der Waals surface area contributed by atoms with Crippen molar-refractivity contribution >= 4 is 11.6 Å². The molecule has 5 heteroatoms. The number of aryl methyl sites for hydroxylation is 1. The molecule has 2 rings (SSSR count). The molecule has 112 valence electrons. The predicted molar refractivity (Wildman–Crippen MR) is 82.9 cm³/mol. The molecule has 1 aromatic carbocycles. The second-order valence-electron chi connectivity index (χ2n) is 5.50. The first-order chi connectivity index (χ1) is 10.2. The monoisotopic (exact) mass is 286 g/mol. The minimum Gasteiger partial charge on any atom is -0.370 e. The number of carbonyl (C=O) groups is 1. The number of amides is 1. The molecular weight excluding hydrogens is 264 g/mol. The highest BCUT2D eigenvalue weighted by molar-refractivity contribution is 5.79. The Balaban J connectivity index is 2.11. The Hall–Kier alpha value is -2.06. The molecule has 1 aromatic rings. The minimum absolute atomic E-state index is 0.0295. The molecule has 0 bridgehead atoms. The molecule has 1 heterocycles. The highest BCUT2D eigenvalue weighted by Crippen LogP contribution is 2.27. The van der Waals surface area contributed by atoms with Gasteiger partial charge in [-0.2, -0.15) is 5.26 Å². The molecule has 1 fully saturated rings. The van der Waals surface area contributed by atoms with Crippen LogP contribution in [0.25, 0.3) is 0 Å². The van der Waals surface area contributed by atoms with Gasteiger partial charge in [0.1, 0.15) is 6.07 Å². The highest BCUT2D eigenvalue weighted by atomic mass is 16.1. The third-order valence-electron chi connectivity index (χ3n) is 3.85. The van der Waals surface area contributed by atoms with Crippen LogP contribution in [0.1, 0.15) is 24.0 Å². The van der Waals surface area contributed by atoms with Crippen LogP contribution >= 0.6 is 0 Å². The topological polar surface area (TPSA) is 82.2 Å². The van der Waals surface area contributed by atoms with Gasteiger partial charge in [0, 0.05) is 26.2 Å². The van der Waals surface area contributed by atoms with Crippen molar-refractivity contribution in [1.82, 2.24) is 5.32 Å². The van der Waals surface area contributed by atoms with Crippen molar-refractivity contribution in [3.63, 3.8) is 0 Å². The summed E-state index contributed by atoms with van der Waals surface area (Å²) in [5.74, 6) is 0.0360. The van der Waals surface area contributed by atoms with Crippen LogP contribution in [0.3, 0.4) is 0 Å². The fourth-order valence-corrected chi connectivity index (χ4v) is 2.76. The molecule has 0 aromatic heterocycles. The fourth-order valence-electron chi connectivity index (χ4n) is 2.76. The van der Waals surface area contributed by atoms with Crippen LogP contribution in [0, 0.1) is 24.2 Å². The smallest absolute Gasteiger partial charge is 0.224 e. The third-order valence-corrected chi connectivity index (χ3v) is 3.85. The van der Waals surface area contributed by atoms with Gasteiger partial charge in [-0.1, -0.05) is 6.07 Å². The number of nitrogens with one attached hydrogen (secondary N) is 1. The number of carbonyl (C=O) groups excluding carboxylic acids is 1. The standard InChI is InChI=1S/C16H22N4O/c1-12-4-5-15(14(9-12)10-18)20-8-2-3-13(11-20)16(21)19-7-6-17/h4-5,9,13H,2-3,6-8,11,17H2,1H3,(H,19,21). The molecule has 0 spiro atoms. The van der Waals surface area contributed by atoms with Crippen molar-refractivity contribution in [2.45, 2.75) is 19.8 Å². The zero-order chi connectivity index (χ0) is 15.2. The van der Waals surface area contributed by atoms with Gasteiger partial charge in [0.15, 0.2) is 0 Å². The lowest BCUT2D eigenvalue weighted by Gasteiger charge is -2.34. The summed E-state index contributed by atoms with van der Waals surface area (Å²) >= 11 is 0. The van der Waals surface area contributed by atoms with Crippen molar-refractivity contribution in [2.75, 3.05) is 31.1 Å². The van der Waals surface area contributed by atoms with Crippen molar-refractivity contribution in [3.8, 4) is 6.07 Å². The molecule has 1 aliphatic rings. The van der Waals surface area contributed by atoms with E-state index in [9.17, 15) is 10.1 Å². The van der Waals surface area contributed by atoms with Crippen LogP contribution < -0.4 is 16.0 Å². The predicted octanol–water partition coefficient (Wildman–Crippen LogP) is 1.16. The largest absolute Gasteiger partial charge is 0.370 e. The number of rotatable bonds is 4. The molecule has 0 radical (unpaired) electrons. The number of nitrogens with zero attached hydrogens (tertiary/aromatic N) is 2. The van der Waals surface area contributed by atoms with Gasteiger partial charge < -0.3 is 16.0 Å². The Kier molecular flexibility index (Phi) is 5.18. The van der Waals surface area contributed by atoms with Crippen molar-refractivity contribution in [2.24, 2.45) is 11.7 Å². The van der Waals surface area contributed by atoms with E-state index in [1.165, 1.54) is 0 Å². The van der Waals surface area contributed by atoms with Gasteiger partial charge in [-0.15, -0.1) is 0 Å². The molecule has 1 saturated heterocycles. The molecule has 0 saturated carbocycles. The number of hydrogen-bond donors (Lipinski definition) is 2. The van der Waals surface area contributed by atoms with Crippen molar-refractivity contribution in [1.29, 1.82) is 5.26 Å². The van der Waals surface area contributed by atoms with Gasteiger partial charge in [0.2, 0.25) is 5.91 Å². The number of benzene rings is 1. The summed E-state index contributed by atoms with van der Waals surface area (Å²) in [5, 5.41) is 12.2. The Morgan fingerprint density at radius 1 is 1.57 bits per heavy atom. The molecule has 21 heavy (non-hydrogen) atoms. The average Bonchev–Trinajstić information content (AvgIpc) is 2.52. The number of anilines is 1. The number of hydrogen-bond acceptors (Lipinski definition) is 4. The van der Waals surface area contributed by atoms with E-state index < -0.39 is 0 Å². The Bertz CT molecular complexity index is 550. The van der Waals surface area contributed by atoms with Crippen LogP contribution in [0.2, 0.25) is 0 Å². The summed E-state index contributed by atoms with van der Waals surface area (Å²) in [5.41, 5.74) is 8.10. The number of piperidine rings is 1. The number of nitriles is 1. The second kappa shape index (κ2) is 7.09. The normalized spacial score (nSPS) is 18.1. The van der Waals surface area contributed by atoms with Gasteiger partial charge in [0.25, 0.3) is 0 Å². The van der Waals surface area contributed by atoms with Gasteiger partial charge in [-0.25, -0.2) is 0 Å². The summed E-state index contributed by atoms with van der Waals surface area (Å²) in [7, 11) is 0. The first kappa shape index (κ1) is 15.3. The Morgan fingerprint density at radius 3 is 3.10 bits per heavy atom. The van der Waals surface area contributed by atoms with Crippen LogP contribution in [-0.2, 0) is 4.79 Å². The first-order valence-corrected chi connectivity index (χ1v) is 7.39. The van der Waals surface area contributed by atoms with E-state index >= 15 is 0 Å². The Morgan fingerprint density at radius 2 is 2.38 bits per heavy atom.